The van der Waals surface area contributed by atoms with Crippen LogP contribution < -0.4 is 9.64 Å². The van der Waals surface area contributed by atoms with Crippen LogP contribution in [0.2, 0.25) is 0 Å². The molecular formula is C27H34N2O4S. The van der Waals surface area contributed by atoms with Gasteiger partial charge in [0.15, 0.2) is 0 Å². The maximum absolute atomic E-state index is 13.6. The number of piperidine rings is 1. The molecule has 34 heavy (non-hydrogen) atoms. The topological polar surface area (TPSA) is 66.9 Å². The maximum atomic E-state index is 13.6. The summed E-state index contributed by atoms with van der Waals surface area (Å²) >= 11 is 0. The van der Waals surface area contributed by atoms with Crippen LogP contribution in [0.25, 0.3) is 0 Å². The van der Waals surface area contributed by atoms with E-state index in [-0.39, 0.29) is 11.8 Å². The number of carbonyl (C=O) groups is 1. The number of amides is 1. The predicted molar refractivity (Wildman–Crippen MR) is 133 cm³/mol. The number of ether oxygens (including phenoxy) is 1. The normalized spacial score (nSPS) is 19.4. The number of sulfonamides is 1. The van der Waals surface area contributed by atoms with E-state index in [0.29, 0.717) is 37.4 Å². The van der Waals surface area contributed by atoms with Gasteiger partial charge in [0.1, 0.15) is 5.75 Å². The lowest BCUT2D eigenvalue weighted by Crippen LogP contribution is -2.46. The average molecular weight is 483 g/mol. The van der Waals surface area contributed by atoms with Gasteiger partial charge in [-0.25, -0.2) is 8.42 Å². The molecule has 6 nitrogen and oxygen atoms in total. The van der Waals surface area contributed by atoms with E-state index in [0.717, 1.165) is 43.5 Å². The highest BCUT2D eigenvalue weighted by Gasteiger charge is 2.36. The summed E-state index contributed by atoms with van der Waals surface area (Å²) in [6, 6.07) is 9.61. The fourth-order valence-electron chi connectivity index (χ4n) is 5.82. The van der Waals surface area contributed by atoms with Gasteiger partial charge in [-0.05, 0) is 98.7 Å². The van der Waals surface area contributed by atoms with Crippen LogP contribution in [0.5, 0.6) is 5.75 Å². The number of hydrogen-bond donors (Lipinski definition) is 0. The minimum Gasteiger partial charge on any atom is -0.495 e. The quantitative estimate of drug-likeness (QED) is 0.653. The standard InChI is InChI=1S/C27H34N2O4S/c1-19-9-12-25(33-2)26-24(19)8-5-15-29(26)27(30)21-13-16-28(17-14-21)34(31,32)23-11-10-20-6-3-4-7-22(20)18-23/h9-12,18,21H,3-8,13-17H2,1-2H3. The van der Waals surface area contributed by atoms with Gasteiger partial charge in [0.25, 0.3) is 0 Å². The van der Waals surface area contributed by atoms with Crippen molar-refractivity contribution < 1.29 is 17.9 Å². The Hall–Kier alpha value is -2.38. The highest BCUT2D eigenvalue weighted by Crippen LogP contribution is 2.40. The van der Waals surface area contributed by atoms with Crippen LogP contribution >= 0.6 is 0 Å². The van der Waals surface area contributed by atoms with Crippen molar-refractivity contribution in [1.82, 2.24) is 4.31 Å². The summed E-state index contributed by atoms with van der Waals surface area (Å²) in [7, 11) is -1.90. The minimum absolute atomic E-state index is 0.0932. The molecule has 1 amide bonds. The van der Waals surface area contributed by atoms with Crippen molar-refractivity contribution in [2.45, 2.75) is 63.2 Å². The summed E-state index contributed by atoms with van der Waals surface area (Å²) in [6.45, 7) is 3.51. The van der Waals surface area contributed by atoms with E-state index in [1.54, 1.807) is 17.5 Å². The number of nitrogens with zero attached hydrogens (tertiary/aromatic N) is 2. The van der Waals surface area contributed by atoms with Gasteiger partial charge in [-0.2, -0.15) is 4.31 Å². The van der Waals surface area contributed by atoms with Crippen LogP contribution in [0.4, 0.5) is 5.69 Å². The Labute approximate surface area is 203 Å². The van der Waals surface area contributed by atoms with Gasteiger partial charge in [-0.3, -0.25) is 4.79 Å². The first-order valence-corrected chi connectivity index (χ1v) is 13.9. The second-order valence-corrected chi connectivity index (χ2v) is 11.8. The van der Waals surface area contributed by atoms with Crippen molar-refractivity contribution in [2.75, 3.05) is 31.6 Å². The summed E-state index contributed by atoms with van der Waals surface area (Å²) in [5, 5.41) is 0. The molecule has 0 atom stereocenters. The Morgan fingerprint density at radius 2 is 1.68 bits per heavy atom. The van der Waals surface area contributed by atoms with Gasteiger partial charge in [0, 0.05) is 25.6 Å². The molecule has 0 N–H and O–H groups in total. The molecule has 0 bridgehead atoms. The molecule has 0 unspecified atom stereocenters. The molecule has 2 heterocycles. The highest BCUT2D eigenvalue weighted by molar-refractivity contribution is 7.89. The summed E-state index contributed by atoms with van der Waals surface area (Å²) < 4.78 is 33.9. The monoisotopic (exact) mass is 482 g/mol. The first-order chi connectivity index (χ1) is 16.4. The fourth-order valence-corrected chi connectivity index (χ4v) is 7.34. The number of benzene rings is 2. The van der Waals surface area contributed by atoms with Gasteiger partial charge in [-0.15, -0.1) is 0 Å². The van der Waals surface area contributed by atoms with Crippen LogP contribution in [0.3, 0.4) is 0 Å². The molecule has 0 radical (unpaired) electrons. The van der Waals surface area contributed by atoms with Crippen molar-refractivity contribution in [3.63, 3.8) is 0 Å². The van der Waals surface area contributed by atoms with Gasteiger partial charge < -0.3 is 9.64 Å². The zero-order valence-electron chi connectivity index (χ0n) is 20.2. The summed E-state index contributed by atoms with van der Waals surface area (Å²) in [5.41, 5.74) is 5.72. The van der Waals surface area contributed by atoms with E-state index in [9.17, 15) is 13.2 Å². The second-order valence-electron chi connectivity index (χ2n) is 9.82. The number of rotatable bonds is 4. The molecule has 2 aromatic carbocycles. The van der Waals surface area contributed by atoms with Gasteiger partial charge in [-0.1, -0.05) is 12.1 Å². The molecular weight excluding hydrogens is 448 g/mol. The smallest absolute Gasteiger partial charge is 0.243 e. The zero-order chi connectivity index (χ0) is 23.9. The van der Waals surface area contributed by atoms with Crippen LogP contribution in [-0.2, 0) is 34.1 Å². The molecule has 2 aliphatic heterocycles. The van der Waals surface area contributed by atoms with Gasteiger partial charge in [0.05, 0.1) is 17.7 Å². The second kappa shape index (κ2) is 9.34. The number of methoxy groups -OCH3 is 1. The lowest BCUT2D eigenvalue weighted by Gasteiger charge is -2.37. The maximum Gasteiger partial charge on any atom is 0.243 e. The van der Waals surface area contributed by atoms with Crippen molar-refractivity contribution in [3.8, 4) is 5.75 Å². The molecule has 5 rings (SSSR count). The first-order valence-electron chi connectivity index (χ1n) is 12.5. The average Bonchev–Trinajstić information content (AvgIpc) is 2.88. The molecule has 7 heteroatoms. The van der Waals surface area contributed by atoms with Crippen molar-refractivity contribution in [3.05, 3.63) is 52.6 Å². The fraction of sp³-hybridized carbons (Fsp3) is 0.519. The van der Waals surface area contributed by atoms with Gasteiger partial charge >= 0.3 is 0 Å². The van der Waals surface area contributed by atoms with Crippen LogP contribution in [0, 0.1) is 12.8 Å². The van der Waals surface area contributed by atoms with E-state index in [1.807, 2.05) is 23.1 Å². The Balaban J connectivity index is 1.31. The third-order valence-corrected chi connectivity index (χ3v) is 9.70. The largest absolute Gasteiger partial charge is 0.495 e. The van der Waals surface area contributed by atoms with Crippen LogP contribution in [0.15, 0.2) is 35.2 Å². The molecule has 182 valence electrons. The molecule has 3 aliphatic rings. The van der Waals surface area contributed by atoms with Crippen molar-refractivity contribution in [1.29, 1.82) is 0 Å². The molecule has 0 aromatic heterocycles. The summed E-state index contributed by atoms with van der Waals surface area (Å²) in [6.07, 6.45) is 7.24. The van der Waals surface area contributed by atoms with E-state index in [1.165, 1.54) is 28.7 Å². The molecule has 2 aromatic rings. The molecule has 1 fully saturated rings. The number of hydrogen-bond acceptors (Lipinski definition) is 4. The van der Waals surface area contributed by atoms with Crippen molar-refractivity contribution in [2.24, 2.45) is 5.92 Å². The first kappa shape index (κ1) is 23.4. The van der Waals surface area contributed by atoms with E-state index < -0.39 is 10.0 Å². The minimum atomic E-state index is -3.55. The van der Waals surface area contributed by atoms with Crippen LogP contribution in [0.1, 0.15) is 54.4 Å². The predicted octanol–water partition coefficient (Wildman–Crippen LogP) is 4.26. The third kappa shape index (κ3) is 4.13. The SMILES string of the molecule is COc1ccc(C)c2c1N(C(=O)C1CCN(S(=O)(=O)c3ccc4c(c3)CCCC4)CC1)CCC2. The lowest BCUT2D eigenvalue weighted by atomic mass is 9.92. The molecule has 0 spiro atoms. The summed E-state index contributed by atoms with van der Waals surface area (Å²) in [5.74, 6) is 0.655. The molecule has 1 saturated heterocycles. The number of carbonyl (C=O) groups excluding carboxylic acids is 1. The Morgan fingerprint density at radius 3 is 2.41 bits per heavy atom. The Bertz CT molecular complexity index is 1200. The molecule has 0 saturated carbocycles. The van der Waals surface area contributed by atoms with Gasteiger partial charge in [0.2, 0.25) is 15.9 Å². The molecule has 1 aliphatic carbocycles. The zero-order valence-corrected chi connectivity index (χ0v) is 21.0. The Kier molecular flexibility index (Phi) is 6.42. The summed E-state index contributed by atoms with van der Waals surface area (Å²) in [4.78, 5) is 15.9. The van der Waals surface area contributed by atoms with E-state index in [2.05, 4.69) is 13.0 Å². The number of fused-ring (bicyclic) bond motifs is 2. The highest BCUT2D eigenvalue weighted by atomic mass is 32.2. The Morgan fingerprint density at radius 1 is 0.941 bits per heavy atom. The number of aryl methyl sites for hydroxylation is 3. The number of anilines is 1. The van der Waals surface area contributed by atoms with E-state index in [4.69, 9.17) is 4.74 Å². The lowest BCUT2D eigenvalue weighted by molar-refractivity contribution is -0.123. The van der Waals surface area contributed by atoms with Crippen LogP contribution in [-0.4, -0.2) is 45.4 Å². The van der Waals surface area contributed by atoms with E-state index >= 15 is 0 Å². The van der Waals surface area contributed by atoms with Crippen molar-refractivity contribution >= 4 is 21.6 Å². The third-order valence-electron chi connectivity index (χ3n) is 7.81.